The van der Waals surface area contributed by atoms with Crippen LogP contribution in [0.1, 0.15) is 46.0 Å². The van der Waals surface area contributed by atoms with Crippen LogP contribution in [0, 0.1) is 5.92 Å². The van der Waals surface area contributed by atoms with E-state index in [9.17, 15) is 0 Å². The number of ether oxygens (including phenoxy) is 1. The highest BCUT2D eigenvalue weighted by atomic mass is 79.9. The second-order valence-corrected chi connectivity index (χ2v) is 5.13. The Morgan fingerprint density at radius 1 is 1.08 bits per heavy atom. The zero-order valence-corrected chi connectivity index (χ0v) is 10.8. The van der Waals surface area contributed by atoms with E-state index in [1.54, 1.807) is 7.11 Å². The zero-order chi connectivity index (χ0) is 10.1. The van der Waals surface area contributed by atoms with Gasteiger partial charge in [-0.05, 0) is 18.8 Å². The van der Waals surface area contributed by atoms with Crippen molar-refractivity contribution in [3.05, 3.63) is 0 Å². The van der Waals surface area contributed by atoms with Crippen molar-refractivity contribution in [2.24, 2.45) is 5.92 Å². The zero-order valence-electron chi connectivity index (χ0n) is 9.18. The van der Waals surface area contributed by atoms with Crippen molar-refractivity contribution in [1.82, 2.24) is 0 Å². The van der Waals surface area contributed by atoms with Crippen molar-refractivity contribution < 1.29 is 4.74 Å². The average molecular weight is 251 g/mol. The Kier molecular flexibility index (Phi) is 9.32. The average Bonchev–Trinajstić information content (AvgIpc) is 2.10. The molecule has 0 heterocycles. The standard InChI is InChI=1S/C11H23BrO/c1-10(2)11(12)8-6-4-5-7-9-13-3/h10-11H,4-9H2,1-3H3. The normalized spacial score (nSPS) is 13.6. The first-order chi connectivity index (χ1) is 6.18. The van der Waals surface area contributed by atoms with Gasteiger partial charge in [0.2, 0.25) is 0 Å². The van der Waals surface area contributed by atoms with Crippen LogP contribution in [0.5, 0.6) is 0 Å². The summed E-state index contributed by atoms with van der Waals surface area (Å²) < 4.78 is 5.00. The van der Waals surface area contributed by atoms with Crippen LogP contribution < -0.4 is 0 Å². The van der Waals surface area contributed by atoms with Crippen LogP contribution in [0.2, 0.25) is 0 Å². The van der Waals surface area contributed by atoms with Crippen LogP contribution in [-0.2, 0) is 4.74 Å². The molecule has 0 radical (unpaired) electrons. The van der Waals surface area contributed by atoms with Gasteiger partial charge in [0.25, 0.3) is 0 Å². The van der Waals surface area contributed by atoms with Gasteiger partial charge in [0.1, 0.15) is 0 Å². The molecular weight excluding hydrogens is 228 g/mol. The molecule has 0 N–H and O–H groups in total. The van der Waals surface area contributed by atoms with E-state index in [1.807, 2.05) is 0 Å². The fourth-order valence-corrected chi connectivity index (χ4v) is 1.60. The van der Waals surface area contributed by atoms with Crippen molar-refractivity contribution in [2.75, 3.05) is 13.7 Å². The van der Waals surface area contributed by atoms with Gasteiger partial charge in [0.15, 0.2) is 0 Å². The van der Waals surface area contributed by atoms with Gasteiger partial charge in [-0.3, -0.25) is 0 Å². The molecule has 0 aliphatic rings. The van der Waals surface area contributed by atoms with Gasteiger partial charge in [-0.25, -0.2) is 0 Å². The summed E-state index contributed by atoms with van der Waals surface area (Å²) in [6, 6.07) is 0. The van der Waals surface area contributed by atoms with Crippen LogP contribution in [0.25, 0.3) is 0 Å². The third-order valence-electron chi connectivity index (χ3n) is 2.30. The fourth-order valence-electron chi connectivity index (χ4n) is 1.27. The number of hydrogen-bond acceptors (Lipinski definition) is 1. The van der Waals surface area contributed by atoms with Crippen LogP contribution >= 0.6 is 15.9 Å². The predicted octanol–water partition coefficient (Wildman–Crippen LogP) is 4.00. The Bertz CT molecular complexity index is 104. The molecule has 80 valence electrons. The summed E-state index contributed by atoms with van der Waals surface area (Å²) in [4.78, 5) is 0.704. The second kappa shape index (κ2) is 9.01. The summed E-state index contributed by atoms with van der Waals surface area (Å²) in [6.45, 7) is 5.45. The molecule has 0 amide bonds. The molecule has 0 fully saturated rings. The SMILES string of the molecule is COCCCCCCC(Br)C(C)C. The molecule has 0 aromatic heterocycles. The van der Waals surface area contributed by atoms with Gasteiger partial charge in [-0.15, -0.1) is 0 Å². The molecule has 1 unspecified atom stereocenters. The van der Waals surface area contributed by atoms with E-state index in [0.29, 0.717) is 4.83 Å². The van der Waals surface area contributed by atoms with Crippen molar-refractivity contribution in [3.8, 4) is 0 Å². The molecule has 0 saturated carbocycles. The monoisotopic (exact) mass is 250 g/mol. The highest BCUT2D eigenvalue weighted by molar-refractivity contribution is 9.09. The predicted molar refractivity (Wildman–Crippen MR) is 62.5 cm³/mol. The van der Waals surface area contributed by atoms with E-state index in [0.717, 1.165) is 12.5 Å². The minimum absolute atomic E-state index is 0.704. The smallest absolute Gasteiger partial charge is 0.0462 e. The highest BCUT2D eigenvalue weighted by Gasteiger charge is 2.07. The van der Waals surface area contributed by atoms with E-state index in [-0.39, 0.29) is 0 Å². The Morgan fingerprint density at radius 3 is 2.23 bits per heavy atom. The van der Waals surface area contributed by atoms with Crippen LogP contribution in [0.3, 0.4) is 0 Å². The molecule has 1 atom stereocenters. The minimum Gasteiger partial charge on any atom is -0.385 e. The maximum absolute atomic E-state index is 5.00. The number of hydrogen-bond donors (Lipinski definition) is 0. The maximum atomic E-state index is 5.00. The van der Waals surface area contributed by atoms with Gasteiger partial charge < -0.3 is 4.74 Å². The number of rotatable bonds is 8. The number of alkyl halides is 1. The second-order valence-electron chi connectivity index (χ2n) is 3.96. The van der Waals surface area contributed by atoms with Crippen LogP contribution in [-0.4, -0.2) is 18.5 Å². The lowest BCUT2D eigenvalue weighted by Gasteiger charge is -2.12. The lowest BCUT2D eigenvalue weighted by molar-refractivity contribution is 0.192. The first-order valence-electron chi connectivity index (χ1n) is 5.31. The van der Waals surface area contributed by atoms with Crippen molar-refractivity contribution in [2.45, 2.75) is 50.8 Å². The first-order valence-corrected chi connectivity index (χ1v) is 6.23. The number of methoxy groups -OCH3 is 1. The Morgan fingerprint density at radius 2 is 1.69 bits per heavy atom. The molecule has 13 heavy (non-hydrogen) atoms. The fraction of sp³-hybridized carbons (Fsp3) is 1.00. The van der Waals surface area contributed by atoms with Crippen LogP contribution in [0.4, 0.5) is 0 Å². The molecule has 0 rings (SSSR count). The maximum Gasteiger partial charge on any atom is 0.0462 e. The van der Waals surface area contributed by atoms with E-state index in [4.69, 9.17) is 4.74 Å². The van der Waals surface area contributed by atoms with Crippen molar-refractivity contribution in [1.29, 1.82) is 0 Å². The molecule has 0 aliphatic carbocycles. The lowest BCUT2D eigenvalue weighted by Crippen LogP contribution is -2.06. The van der Waals surface area contributed by atoms with E-state index in [2.05, 4.69) is 29.8 Å². The quantitative estimate of drug-likeness (QED) is 0.468. The summed E-state index contributed by atoms with van der Waals surface area (Å²) >= 11 is 3.70. The summed E-state index contributed by atoms with van der Waals surface area (Å²) in [5, 5.41) is 0. The molecule has 0 aliphatic heterocycles. The molecule has 2 heteroatoms. The Labute approximate surface area is 91.4 Å². The molecule has 0 bridgehead atoms. The summed E-state index contributed by atoms with van der Waals surface area (Å²) in [7, 11) is 1.77. The molecule has 1 nitrogen and oxygen atoms in total. The van der Waals surface area contributed by atoms with E-state index >= 15 is 0 Å². The Hall–Kier alpha value is 0.440. The lowest BCUT2D eigenvalue weighted by atomic mass is 10.0. The molecule has 0 aromatic carbocycles. The third-order valence-corrected chi connectivity index (χ3v) is 3.82. The molecule has 0 aromatic rings. The Balaban J connectivity index is 3.07. The van der Waals surface area contributed by atoms with Gasteiger partial charge in [0.05, 0.1) is 0 Å². The van der Waals surface area contributed by atoms with Gasteiger partial charge in [-0.1, -0.05) is 49.0 Å². The van der Waals surface area contributed by atoms with Crippen molar-refractivity contribution >= 4 is 15.9 Å². The van der Waals surface area contributed by atoms with Gasteiger partial charge >= 0.3 is 0 Å². The number of halogens is 1. The first kappa shape index (κ1) is 13.4. The summed E-state index contributed by atoms with van der Waals surface area (Å²) in [6.07, 6.45) is 6.53. The van der Waals surface area contributed by atoms with Gasteiger partial charge in [-0.2, -0.15) is 0 Å². The third kappa shape index (κ3) is 8.76. The number of unbranched alkanes of at least 4 members (excludes halogenated alkanes) is 3. The summed E-state index contributed by atoms with van der Waals surface area (Å²) in [5.41, 5.74) is 0. The van der Waals surface area contributed by atoms with E-state index in [1.165, 1.54) is 32.1 Å². The van der Waals surface area contributed by atoms with Crippen molar-refractivity contribution in [3.63, 3.8) is 0 Å². The largest absolute Gasteiger partial charge is 0.385 e. The van der Waals surface area contributed by atoms with E-state index < -0.39 is 0 Å². The van der Waals surface area contributed by atoms with Crippen LogP contribution in [0.15, 0.2) is 0 Å². The molecular formula is C11H23BrO. The van der Waals surface area contributed by atoms with Gasteiger partial charge in [0, 0.05) is 18.5 Å². The summed E-state index contributed by atoms with van der Waals surface area (Å²) in [5.74, 6) is 0.763. The highest BCUT2D eigenvalue weighted by Crippen LogP contribution is 2.19. The topological polar surface area (TPSA) is 9.23 Å². The molecule has 0 saturated heterocycles. The minimum atomic E-state index is 0.704. The molecule has 0 spiro atoms.